The minimum Gasteiger partial charge on any atom is -0.356 e. The van der Waals surface area contributed by atoms with Gasteiger partial charge in [-0.15, -0.1) is 0 Å². The molecule has 0 spiro atoms. The SMILES string of the molecule is Cc1cc(N2CCCC2)nc(NCCNS(=O)(=O)Cc2ccccc2)n1. The predicted molar refractivity (Wildman–Crippen MR) is 104 cm³/mol. The molecule has 8 heteroatoms. The molecule has 0 radical (unpaired) electrons. The third-order valence-electron chi connectivity index (χ3n) is 4.20. The Bertz CT molecular complexity index is 821. The standard InChI is InChI=1S/C18H25N5O2S/c1-15-13-17(23-11-5-6-12-23)22-18(21-15)19-9-10-20-26(24,25)14-16-7-3-2-4-8-16/h2-4,7-8,13,20H,5-6,9-12,14H2,1H3,(H,19,21,22). The van der Waals surface area contributed by atoms with Crippen LogP contribution in [0.15, 0.2) is 36.4 Å². The second-order valence-corrected chi connectivity index (χ2v) is 8.26. The molecule has 7 nitrogen and oxygen atoms in total. The van der Waals surface area contributed by atoms with Crippen molar-refractivity contribution in [2.45, 2.75) is 25.5 Å². The summed E-state index contributed by atoms with van der Waals surface area (Å²) >= 11 is 0. The van der Waals surface area contributed by atoms with E-state index < -0.39 is 10.0 Å². The number of aryl methyl sites for hydroxylation is 1. The number of rotatable bonds is 8. The Balaban J connectivity index is 1.50. The van der Waals surface area contributed by atoms with Crippen LogP contribution in [-0.2, 0) is 15.8 Å². The van der Waals surface area contributed by atoms with Crippen LogP contribution in [-0.4, -0.2) is 44.6 Å². The summed E-state index contributed by atoms with van der Waals surface area (Å²) in [6.07, 6.45) is 2.38. The van der Waals surface area contributed by atoms with Crippen molar-refractivity contribution in [2.75, 3.05) is 36.4 Å². The third-order valence-corrected chi connectivity index (χ3v) is 5.56. The number of nitrogens with one attached hydrogen (secondary N) is 2. The van der Waals surface area contributed by atoms with Crippen LogP contribution in [0.2, 0.25) is 0 Å². The molecule has 1 aromatic heterocycles. The summed E-state index contributed by atoms with van der Waals surface area (Å²) in [5, 5.41) is 3.11. The Morgan fingerprint density at radius 1 is 1.08 bits per heavy atom. The molecule has 140 valence electrons. The summed E-state index contributed by atoms with van der Waals surface area (Å²) in [5.74, 6) is 1.45. The van der Waals surface area contributed by atoms with Crippen molar-refractivity contribution in [3.8, 4) is 0 Å². The summed E-state index contributed by atoms with van der Waals surface area (Å²) in [7, 11) is -3.36. The predicted octanol–water partition coefficient (Wildman–Crippen LogP) is 1.92. The third kappa shape index (κ3) is 5.40. The van der Waals surface area contributed by atoms with Crippen LogP contribution in [0.25, 0.3) is 0 Å². The van der Waals surface area contributed by atoms with E-state index in [0.29, 0.717) is 12.5 Å². The number of hydrogen-bond donors (Lipinski definition) is 2. The Morgan fingerprint density at radius 2 is 1.81 bits per heavy atom. The van der Waals surface area contributed by atoms with Crippen LogP contribution in [0.5, 0.6) is 0 Å². The second kappa shape index (κ2) is 8.46. The Kier molecular flexibility index (Phi) is 6.05. The fraction of sp³-hybridized carbons (Fsp3) is 0.444. The molecule has 26 heavy (non-hydrogen) atoms. The smallest absolute Gasteiger partial charge is 0.224 e. The minimum atomic E-state index is -3.36. The van der Waals surface area contributed by atoms with E-state index in [-0.39, 0.29) is 12.3 Å². The molecule has 0 unspecified atom stereocenters. The van der Waals surface area contributed by atoms with Crippen LogP contribution >= 0.6 is 0 Å². The molecule has 1 aliphatic heterocycles. The zero-order chi connectivity index (χ0) is 18.4. The van der Waals surface area contributed by atoms with Crippen molar-refractivity contribution in [3.63, 3.8) is 0 Å². The molecular weight excluding hydrogens is 350 g/mol. The molecule has 1 saturated heterocycles. The van der Waals surface area contributed by atoms with Crippen LogP contribution in [0.3, 0.4) is 0 Å². The number of benzene rings is 1. The van der Waals surface area contributed by atoms with Gasteiger partial charge in [-0.2, -0.15) is 4.98 Å². The van der Waals surface area contributed by atoms with Gasteiger partial charge in [0.25, 0.3) is 0 Å². The minimum absolute atomic E-state index is 0.0199. The summed E-state index contributed by atoms with van der Waals surface area (Å²) in [6, 6.07) is 11.1. The summed E-state index contributed by atoms with van der Waals surface area (Å²) < 4.78 is 26.8. The van der Waals surface area contributed by atoms with Crippen LogP contribution < -0.4 is 14.9 Å². The van der Waals surface area contributed by atoms with E-state index >= 15 is 0 Å². The summed E-state index contributed by atoms with van der Waals surface area (Å²) in [6.45, 7) is 4.70. The maximum Gasteiger partial charge on any atom is 0.224 e. The molecule has 1 aliphatic rings. The Morgan fingerprint density at radius 3 is 2.54 bits per heavy atom. The number of nitrogens with zero attached hydrogens (tertiary/aromatic N) is 3. The zero-order valence-electron chi connectivity index (χ0n) is 15.0. The number of hydrogen-bond acceptors (Lipinski definition) is 6. The lowest BCUT2D eigenvalue weighted by Crippen LogP contribution is -2.30. The molecular formula is C18H25N5O2S. The molecule has 2 heterocycles. The van der Waals surface area contributed by atoms with Gasteiger partial charge in [0.05, 0.1) is 5.75 Å². The van der Waals surface area contributed by atoms with E-state index in [9.17, 15) is 8.42 Å². The van der Waals surface area contributed by atoms with Gasteiger partial charge < -0.3 is 10.2 Å². The fourth-order valence-electron chi connectivity index (χ4n) is 2.96. The van der Waals surface area contributed by atoms with E-state index in [1.54, 1.807) is 12.1 Å². The lowest BCUT2D eigenvalue weighted by atomic mass is 10.2. The van der Waals surface area contributed by atoms with Crippen LogP contribution in [0, 0.1) is 6.92 Å². The second-order valence-electron chi connectivity index (χ2n) is 6.45. The molecule has 1 aromatic carbocycles. The van der Waals surface area contributed by atoms with Crippen LogP contribution in [0.1, 0.15) is 24.1 Å². The van der Waals surface area contributed by atoms with Crippen LogP contribution in [0.4, 0.5) is 11.8 Å². The highest BCUT2D eigenvalue weighted by Crippen LogP contribution is 2.19. The zero-order valence-corrected chi connectivity index (χ0v) is 15.8. The lowest BCUT2D eigenvalue weighted by molar-refractivity contribution is 0.582. The van der Waals surface area contributed by atoms with Crippen molar-refractivity contribution in [3.05, 3.63) is 47.7 Å². The molecule has 0 atom stereocenters. The monoisotopic (exact) mass is 375 g/mol. The van der Waals surface area contributed by atoms with E-state index in [0.717, 1.165) is 30.2 Å². The average molecular weight is 375 g/mol. The maximum absolute atomic E-state index is 12.1. The van der Waals surface area contributed by atoms with E-state index in [4.69, 9.17) is 0 Å². The van der Waals surface area contributed by atoms with Gasteiger partial charge in [0.15, 0.2) is 0 Å². The molecule has 3 rings (SSSR count). The van der Waals surface area contributed by atoms with Gasteiger partial charge in [0.1, 0.15) is 5.82 Å². The first-order valence-corrected chi connectivity index (χ1v) is 10.5. The largest absolute Gasteiger partial charge is 0.356 e. The molecule has 0 aliphatic carbocycles. The topological polar surface area (TPSA) is 87.2 Å². The van der Waals surface area contributed by atoms with Gasteiger partial charge >= 0.3 is 0 Å². The first-order valence-electron chi connectivity index (χ1n) is 8.88. The van der Waals surface area contributed by atoms with Crippen molar-refractivity contribution >= 4 is 21.8 Å². The Hall–Kier alpha value is -2.19. The highest BCUT2D eigenvalue weighted by Gasteiger charge is 2.15. The van der Waals surface area contributed by atoms with E-state index in [2.05, 4.69) is 24.9 Å². The summed E-state index contributed by atoms with van der Waals surface area (Å²) in [4.78, 5) is 11.2. The van der Waals surface area contributed by atoms with Gasteiger partial charge in [-0.1, -0.05) is 30.3 Å². The highest BCUT2D eigenvalue weighted by molar-refractivity contribution is 7.88. The van der Waals surface area contributed by atoms with E-state index in [1.807, 2.05) is 31.2 Å². The van der Waals surface area contributed by atoms with Gasteiger partial charge in [-0.3, -0.25) is 0 Å². The van der Waals surface area contributed by atoms with Crippen molar-refractivity contribution in [1.29, 1.82) is 0 Å². The normalized spacial score (nSPS) is 14.6. The Labute approximate surface area is 154 Å². The highest BCUT2D eigenvalue weighted by atomic mass is 32.2. The molecule has 2 N–H and O–H groups in total. The maximum atomic E-state index is 12.1. The molecule has 0 bridgehead atoms. The molecule has 2 aromatic rings. The van der Waals surface area contributed by atoms with Crippen molar-refractivity contribution < 1.29 is 8.42 Å². The van der Waals surface area contributed by atoms with Crippen molar-refractivity contribution in [1.82, 2.24) is 14.7 Å². The van der Waals surface area contributed by atoms with Gasteiger partial charge in [-0.25, -0.2) is 18.1 Å². The molecule has 1 fully saturated rings. The number of sulfonamides is 1. The average Bonchev–Trinajstić information content (AvgIpc) is 3.13. The summed E-state index contributed by atoms with van der Waals surface area (Å²) in [5.41, 5.74) is 1.67. The molecule has 0 amide bonds. The quantitative estimate of drug-likeness (QED) is 0.686. The first-order chi connectivity index (χ1) is 12.5. The van der Waals surface area contributed by atoms with Gasteiger partial charge in [0, 0.05) is 37.9 Å². The van der Waals surface area contributed by atoms with Gasteiger partial charge in [-0.05, 0) is 25.3 Å². The van der Waals surface area contributed by atoms with E-state index in [1.165, 1.54) is 12.8 Å². The van der Waals surface area contributed by atoms with Gasteiger partial charge in [0.2, 0.25) is 16.0 Å². The molecule has 0 saturated carbocycles. The first kappa shape index (κ1) is 18.6. The fourth-order valence-corrected chi connectivity index (χ4v) is 4.11. The number of aromatic nitrogens is 2. The lowest BCUT2D eigenvalue weighted by Gasteiger charge is -2.17. The van der Waals surface area contributed by atoms with Crippen molar-refractivity contribution in [2.24, 2.45) is 0 Å². The number of anilines is 2.